The molecule has 0 unspecified atom stereocenters. The maximum Gasteiger partial charge on any atom is 0.338 e. The Morgan fingerprint density at radius 1 is 1.15 bits per heavy atom. The Morgan fingerprint density at radius 2 is 1.91 bits per heavy atom. The first-order valence-electron chi connectivity index (χ1n) is 10.4. The average molecular weight is 451 g/mol. The van der Waals surface area contributed by atoms with Gasteiger partial charge in [0, 0.05) is 12.1 Å². The molecule has 33 heavy (non-hydrogen) atoms. The van der Waals surface area contributed by atoms with Crippen LogP contribution in [0.2, 0.25) is 0 Å². The van der Waals surface area contributed by atoms with Crippen molar-refractivity contribution in [3.8, 4) is 11.5 Å². The molecule has 2 aliphatic rings. The molecule has 0 aromatic heterocycles. The summed E-state index contributed by atoms with van der Waals surface area (Å²) in [6.07, 6.45) is 0. The molecule has 0 radical (unpaired) electrons. The standard InChI is InChI=1S/C24H25N3O6/c1-14-7-9-15(10-8-14)21-20-17(13-33-23(20)29)27(24(30)26-21)12-19(28)25-11-16-5-4-6-18(31-2)22(16)32-3/h4-10,21H,11-13H2,1-3H3,(H,25,28)(H,26,30)/t21-/m0/s1. The van der Waals surface area contributed by atoms with Crippen LogP contribution >= 0.6 is 0 Å². The van der Waals surface area contributed by atoms with Gasteiger partial charge in [0.05, 0.1) is 31.5 Å². The van der Waals surface area contributed by atoms with Crippen molar-refractivity contribution in [3.05, 3.63) is 70.4 Å². The maximum absolute atomic E-state index is 12.9. The smallest absolute Gasteiger partial charge is 0.338 e. The Balaban J connectivity index is 1.51. The zero-order chi connectivity index (χ0) is 23.5. The predicted octanol–water partition coefficient (Wildman–Crippen LogP) is 2.21. The number of para-hydroxylation sites is 1. The summed E-state index contributed by atoms with van der Waals surface area (Å²) in [6, 6.07) is 11.8. The fraction of sp³-hybridized carbons (Fsp3) is 0.292. The number of nitrogens with one attached hydrogen (secondary N) is 2. The van der Waals surface area contributed by atoms with Crippen molar-refractivity contribution in [2.45, 2.75) is 19.5 Å². The van der Waals surface area contributed by atoms with Gasteiger partial charge in [-0.05, 0) is 18.6 Å². The third-order valence-corrected chi connectivity index (χ3v) is 5.67. The van der Waals surface area contributed by atoms with Gasteiger partial charge in [0.25, 0.3) is 0 Å². The third-order valence-electron chi connectivity index (χ3n) is 5.67. The van der Waals surface area contributed by atoms with Crippen molar-refractivity contribution in [1.29, 1.82) is 0 Å². The number of methoxy groups -OCH3 is 2. The van der Waals surface area contributed by atoms with Crippen molar-refractivity contribution in [2.24, 2.45) is 0 Å². The lowest BCUT2D eigenvalue weighted by atomic mass is 9.95. The van der Waals surface area contributed by atoms with Crippen LogP contribution in [0.25, 0.3) is 0 Å². The summed E-state index contributed by atoms with van der Waals surface area (Å²) in [7, 11) is 3.06. The summed E-state index contributed by atoms with van der Waals surface area (Å²) < 4.78 is 15.9. The molecule has 2 aliphatic heterocycles. The highest BCUT2D eigenvalue weighted by atomic mass is 16.5. The Labute approximate surface area is 191 Å². The number of amides is 3. The van der Waals surface area contributed by atoms with Gasteiger partial charge in [-0.1, -0.05) is 42.0 Å². The molecule has 2 aromatic rings. The fourth-order valence-corrected chi connectivity index (χ4v) is 3.97. The molecular formula is C24H25N3O6. The van der Waals surface area contributed by atoms with Gasteiger partial charge in [0.15, 0.2) is 11.5 Å². The third kappa shape index (κ3) is 4.34. The Hall–Kier alpha value is -4.01. The predicted molar refractivity (Wildman–Crippen MR) is 119 cm³/mol. The summed E-state index contributed by atoms with van der Waals surface area (Å²) in [5.41, 5.74) is 3.32. The lowest BCUT2D eigenvalue weighted by Crippen LogP contribution is -2.50. The summed E-state index contributed by atoms with van der Waals surface area (Å²) >= 11 is 0. The zero-order valence-corrected chi connectivity index (χ0v) is 18.6. The largest absolute Gasteiger partial charge is 0.493 e. The number of esters is 1. The molecule has 172 valence electrons. The minimum absolute atomic E-state index is 0.0546. The topological polar surface area (TPSA) is 106 Å². The average Bonchev–Trinajstić information content (AvgIpc) is 3.21. The molecule has 2 heterocycles. The molecule has 0 fully saturated rings. The molecule has 2 aromatic carbocycles. The number of hydrogen-bond donors (Lipinski definition) is 2. The van der Waals surface area contributed by atoms with Crippen molar-refractivity contribution in [1.82, 2.24) is 15.5 Å². The molecule has 2 N–H and O–H groups in total. The van der Waals surface area contributed by atoms with Crippen molar-refractivity contribution < 1.29 is 28.6 Å². The first-order chi connectivity index (χ1) is 15.9. The van der Waals surface area contributed by atoms with Crippen LogP contribution in [0, 0.1) is 6.92 Å². The molecule has 1 atom stereocenters. The minimum atomic E-state index is -0.622. The van der Waals surface area contributed by atoms with Gasteiger partial charge in [-0.15, -0.1) is 0 Å². The molecule has 4 rings (SSSR count). The van der Waals surface area contributed by atoms with Gasteiger partial charge >= 0.3 is 12.0 Å². The highest BCUT2D eigenvalue weighted by molar-refractivity contribution is 5.98. The first kappa shape index (κ1) is 22.2. The van der Waals surface area contributed by atoms with Crippen LogP contribution in [0.1, 0.15) is 22.7 Å². The van der Waals surface area contributed by atoms with Gasteiger partial charge in [0.2, 0.25) is 5.91 Å². The molecule has 0 saturated carbocycles. The lowest BCUT2D eigenvalue weighted by molar-refractivity contribution is -0.136. The van der Waals surface area contributed by atoms with Crippen LogP contribution < -0.4 is 20.1 Å². The summed E-state index contributed by atoms with van der Waals surface area (Å²) in [5, 5.41) is 5.62. The molecule has 9 nitrogen and oxygen atoms in total. The number of aryl methyl sites for hydroxylation is 1. The second-order valence-corrected chi connectivity index (χ2v) is 7.75. The SMILES string of the molecule is COc1cccc(CNC(=O)CN2C(=O)N[C@@H](c3ccc(C)cc3)C3=C2COC3=O)c1OC. The van der Waals surface area contributed by atoms with E-state index in [4.69, 9.17) is 14.2 Å². The zero-order valence-electron chi connectivity index (χ0n) is 18.6. The minimum Gasteiger partial charge on any atom is -0.493 e. The number of nitrogens with zero attached hydrogens (tertiary/aromatic N) is 1. The molecule has 0 saturated heterocycles. The molecule has 0 bridgehead atoms. The van der Waals surface area contributed by atoms with E-state index < -0.39 is 23.9 Å². The molecule has 0 aliphatic carbocycles. The van der Waals surface area contributed by atoms with Crippen LogP contribution in [0.15, 0.2) is 53.7 Å². The number of rotatable bonds is 7. The number of cyclic esters (lactones) is 1. The number of carbonyl (C=O) groups is 3. The van der Waals surface area contributed by atoms with Gasteiger partial charge < -0.3 is 24.8 Å². The molecule has 9 heteroatoms. The van der Waals surface area contributed by atoms with E-state index in [-0.39, 0.29) is 19.7 Å². The van der Waals surface area contributed by atoms with Crippen molar-refractivity contribution >= 4 is 17.9 Å². The number of carbonyl (C=O) groups excluding carboxylic acids is 3. The van der Waals surface area contributed by atoms with Crippen molar-refractivity contribution in [2.75, 3.05) is 27.4 Å². The first-order valence-corrected chi connectivity index (χ1v) is 10.4. The van der Waals surface area contributed by atoms with Crippen LogP contribution in [-0.2, 0) is 20.9 Å². The number of ether oxygens (including phenoxy) is 3. The van der Waals surface area contributed by atoms with Gasteiger partial charge in [0.1, 0.15) is 13.2 Å². The number of urea groups is 1. The van der Waals surface area contributed by atoms with Crippen LogP contribution in [0.5, 0.6) is 11.5 Å². The van der Waals surface area contributed by atoms with Crippen LogP contribution in [0.3, 0.4) is 0 Å². The summed E-state index contributed by atoms with van der Waals surface area (Å²) in [4.78, 5) is 39.3. The molecule has 0 spiro atoms. The van der Waals surface area contributed by atoms with Crippen LogP contribution in [0.4, 0.5) is 4.79 Å². The quantitative estimate of drug-likeness (QED) is 0.626. The van der Waals surface area contributed by atoms with E-state index in [0.29, 0.717) is 22.8 Å². The van der Waals surface area contributed by atoms with Crippen molar-refractivity contribution in [3.63, 3.8) is 0 Å². The second-order valence-electron chi connectivity index (χ2n) is 7.75. The lowest BCUT2D eigenvalue weighted by Gasteiger charge is -2.32. The Kier molecular flexibility index (Phi) is 6.21. The normalized spacial score (nSPS) is 17.3. The van der Waals surface area contributed by atoms with Gasteiger partial charge in [-0.25, -0.2) is 9.59 Å². The maximum atomic E-state index is 12.9. The van der Waals surface area contributed by atoms with E-state index in [1.165, 1.54) is 19.1 Å². The van der Waals surface area contributed by atoms with Gasteiger partial charge in [-0.2, -0.15) is 0 Å². The van der Waals surface area contributed by atoms with E-state index in [2.05, 4.69) is 10.6 Å². The fourth-order valence-electron chi connectivity index (χ4n) is 3.97. The van der Waals surface area contributed by atoms with E-state index >= 15 is 0 Å². The summed E-state index contributed by atoms with van der Waals surface area (Å²) in [6.45, 7) is 1.83. The Morgan fingerprint density at radius 3 is 2.61 bits per heavy atom. The number of benzene rings is 2. The second kappa shape index (κ2) is 9.23. The highest BCUT2D eigenvalue weighted by Crippen LogP contribution is 2.35. The molecule has 3 amide bonds. The van der Waals surface area contributed by atoms with E-state index in [1.54, 1.807) is 12.1 Å². The van der Waals surface area contributed by atoms with Gasteiger partial charge in [-0.3, -0.25) is 9.69 Å². The summed E-state index contributed by atoms with van der Waals surface area (Å²) in [5.74, 6) is 0.187. The Bertz CT molecular complexity index is 1130. The van der Waals surface area contributed by atoms with E-state index in [9.17, 15) is 14.4 Å². The van der Waals surface area contributed by atoms with E-state index in [1.807, 2.05) is 37.3 Å². The highest BCUT2D eigenvalue weighted by Gasteiger charge is 2.42. The monoisotopic (exact) mass is 451 g/mol. The molecular weight excluding hydrogens is 426 g/mol. The van der Waals surface area contributed by atoms with E-state index in [0.717, 1.165) is 16.7 Å². The number of hydrogen-bond acceptors (Lipinski definition) is 6. The van der Waals surface area contributed by atoms with Crippen LogP contribution in [-0.4, -0.2) is 50.2 Å².